The first-order valence-corrected chi connectivity index (χ1v) is 9.26. The number of benzene rings is 2. The summed E-state index contributed by atoms with van der Waals surface area (Å²) < 4.78 is 2.14. The number of aryl methyl sites for hydroxylation is 1. The van der Waals surface area contributed by atoms with E-state index in [0.29, 0.717) is 13.1 Å². The molecule has 0 amide bonds. The van der Waals surface area contributed by atoms with Crippen LogP contribution in [0.3, 0.4) is 0 Å². The average Bonchev–Trinajstić information content (AvgIpc) is 3.08. The van der Waals surface area contributed by atoms with E-state index in [0.717, 1.165) is 28.9 Å². The van der Waals surface area contributed by atoms with Gasteiger partial charge in [0.2, 0.25) is 0 Å². The third-order valence-electron chi connectivity index (χ3n) is 4.32. The van der Waals surface area contributed by atoms with Crippen molar-refractivity contribution in [1.29, 1.82) is 0 Å². The SMILES string of the molecule is CN=C(NCc1ccc(Cl)cc1)NCc1cccc(Cn2ccnc2C)c1. The summed E-state index contributed by atoms with van der Waals surface area (Å²) in [4.78, 5) is 8.56. The van der Waals surface area contributed by atoms with Crippen molar-refractivity contribution in [3.63, 3.8) is 0 Å². The van der Waals surface area contributed by atoms with E-state index in [1.807, 2.05) is 43.6 Å². The number of nitrogens with one attached hydrogen (secondary N) is 2. The van der Waals surface area contributed by atoms with E-state index in [1.54, 1.807) is 7.05 Å². The van der Waals surface area contributed by atoms with E-state index in [1.165, 1.54) is 11.1 Å². The molecular formula is C21H24ClN5. The first kappa shape index (κ1) is 19.0. The number of rotatable bonds is 6. The van der Waals surface area contributed by atoms with Crippen molar-refractivity contribution in [2.24, 2.45) is 4.99 Å². The monoisotopic (exact) mass is 381 g/mol. The molecule has 0 unspecified atom stereocenters. The minimum Gasteiger partial charge on any atom is -0.352 e. The molecule has 0 aliphatic carbocycles. The Hall–Kier alpha value is -2.79. The van der Waals surface area contributed by atoms with Crippen LogP contribution in [0, 0.1) is 6.92 Å². The minimum atomic E-state index is 0.691. The molecule has 6 heteroatoms. The molecule has 0 saturated carbocycles. The lowest BCUT2D eigenvalue weighted by atomic mass is 10.1. The van der Waals surface area contributed by atoms with E-state index < -0.39 is 0 Å². The Bertz CT molecular complexity index is 899. The van der Waals surface area contributed by atoms with Gasteiger partial charge in [0, 0.05) is 44.1 Å². The number of aromatic nitrogens is 2. The number of hydrogen-bond acceptors (Lipinski definition) is 2. The fourth-order valence-electron chi connectivity index (χ4n) is 2.80. The molecule has 0 radical (unpaired) electrons. The van der Waals surface area contributed by atoms with Gasteiger partial charge in [0.25, 0.3) is 0 Å². The van der Waals surface area contributed by atoms with Crippen LogP contribution >= 0.6 is 11.6 Å². The number of aliphatic imine (C=N–C) groups is 1. The Balaban J connectivity index is 1.54. The summed E-state index contributed by atoms with van der Waals surface area (Å²) in [6.45, 7) is 4.23. The quantitative estimate of drug-likeness (QED) is 0.505. The maximum atomic E-state index is 5.92. The summed E-state index contributed by atoms with van der Waals surface area (Å²) in [6.07, 6.45) is 3.83. The van der Waals surface area contributed by atoms with Crippen molar-refractivity contribution in [2.75, 3.05) is 7.05 Å². The molecule has 0 aliphatic rings. The van der Waals surface area contributed by atoms with Crippen molar-refractivity contribution in [3.05, 3.63) is 88.5 Å². The van der Waals surface area contributed by atoms with Crippen molar-refractivity contribution in [1.82, 2.24) is 20.2 Å². The Kier molecular flexibility index (Phi) is 6.49. The average molecular weight is 382 g/mol. The van der Waals surface area contributed by atoms with Gasteiger partial charge in [0.1, 0.15) is 5.82 Å². The number of hydrogen-bond donors (Lipinski definition) is 2. The number of imidazole rings is 1. The lowest BCUT2D eigenvalue weighted by Crippen LogP contribution is -2.36. The summed E-state index contributed by atoms with van der Waals surface area (Å²) >= 11 is 5.92. The highest BCUT2D eigenvalue weighted by atomic mass is 35.5. The highest BCUT2D eigenvalue weighted by Crippen LogP contribution is 2.10. The predicted molar refractivity (Wildman–Crippen MR) is 111 cm³/mol. The Morgan fingerprint density at radius 2 is 1.74 bits per heavy atom. The van der Waals surface area contributed by atoms with E-state index in [4.69, 9.17) is 11.6 Å². The molecule has 3 rings (SSSR count). The summed E-state index contributed by atoms with van der Waals surface area (Å²) in [5.74, 6) is 1.78. The van der Waals surface area contributed by atoms with Gasteiger partial charge in [-0.1, -0.05) is 48.0 Å². The summed E-state index contributed by atoms with van der Waals surface area (Å²) in [7, 11) is 1.77. The highest BCUT2D eigenvalue weighted by molar-refractivity contribution is 6.30. The molecule has 27 heavy (non-hydrogen) atoms. The smallest absolute Gasteiger partial charge is 0.191 e. The van der Waals surface area contributed by atoms with Gasteiger partial charge in [-0.25, -0.2) is 4.98 Å². The van der Waals surface area contributed by atoms with Gasteiger partial charge in [-0.15, -0.1) is 0 Å². The molecule has 0 atom stereocenters. The molecular weight excluding hydrogens is 358 g/mol. The van der Waals surface area contributed by atoms with Gasteiger partial charge >= 0.3 is 0 Å². The zero-order valence-corrected chi connectivity index (χ0v) is 16.4. The molecule has 0 aliphatic heterocycles. The van der Waals surface area contributed by atoms with Crippen LogP contribution in [0.15, 0.2) is 65.9 Å². The third-order valence-corrected chi connectivity index (χ3v) is 4.58. The molecule has 1 heterocycles. The molecule has 140 valence electrons. The van der Waals surface area contributed by atoms with E-state index >= 15 is 0 Å². The highest BCUT2D eigenvalue weighted by Gasteiger charge is 2.02. The summed E-state index contributed by atoms with van der Waals surface area (Å²) in [5.41, 5.74) is 3.61. The van der Waals surface area contributed by atoms with Gasteiger partial charge in [-0.3, -0.25) is 4.99 Å². The number of nitrogens with zero attached hydrogens (tertiary/aromatic N) is 3. The lowest BCUT2D eigenvalue weighted by Gasteiger charge is -2.13. The Morgan fingerprint density at radius 1 is 1.04 bits per heavy atom. The lowest BCUT2D eigenvalue weighted by molar-refractivity contribution is 0.758. The van der Waals surface area contributed by atoms with Crippen LogP contribution in [0.1, 0.15) is 22.5 Å². The van der Waals surface area contributed by atoms with E-state index in [9.17, 15) is 0 Å². The molecule has 0 saturated heterocycles. The fourth-order valence-corrected chi connectivity index (χ4v) is 2.93. The Morgan fingerprint density at radius 3 is 2.41 bits per heavy atom. The summed E-state index contributed by atoms with van der Waals surface area (Å²) in [5, 5.41) is 7.42. The van der Waals surface area contributed by atoms with Crippen LogP contribution in [0.4, 0.5) is 0 Å². The topological polar surface area (TPSA) is 54.2 Å². The van der Waals surface area contributed by atoms with Crippen LogP contribution in [0.25, 0.3) is 0 Å². The van der Waals surface area contributed by atoms with Crippen LogP contribution in [-0.4, -0.2) is 22.6 Å². The minimum absolute atomic E-state index is 0.691. The van der Waals surface area contributed by atoms with Crippen molar-refractivity contribution in [3.8, 4) is 0 Å². The van der Waals surface area contributed by atoms with Crippen molar-refractivity contribution >= 4 is 17.6 Å². The van der Waals surface area contributed by atoms with Crippen LogP contribution < -0.4 is 10.6 Å². The van der Waals surface area contributed by atoms with Gasteiger partial charge in [-0.2, -0.15) is 0 Å². The second-order valence-electron chi connectivity index (χ2n) is 6.33. The van der Waals surface area contributed by atoms with E-state index in [2.05, 4.69) is 49.4 Å². The maximum absolute atomic E-state index is 5.92. The number of halogens is 1. The molecule has 5 nitrogen and oxygen atoms in total. The predicted octanol–water partition coefficient (Wildman–Crippen LogP) is 3.76. The van der Waals surface area contributed by atoms with Crippen LogP contribution in [0.5, 0.6) is 0 Å². The fraction of sp³-hybridized carbons (Fsp3) is 0.238. The van der Waals surface area contributed by atoms with Gasteiger partial charge in [0.05, 0.1) is 0 Å². The largest absolute Gasteiger partial charge is 0.352 e. The zero-order valence-electron chi connectivity index (χ0n) is 15.6. The first-order valence-electron chi connectivity index (χ1n) is 8.88. The normalized spacial score (nSPS) is 11.4. The van der Waals surface area contributed by atoms with Gasteiger partial charge < -0.3 is 15.2 Å². The number of guanidine groups is 1. The van der Waals surface area contributed by atoms with Crippen LogP contribution in [0.2, 0.25) is 5.02 Å². The molecule has 2 aromatic carbocycles. The Labute approximate surface area is 165 Å². The summed E-state index contributed by atoms with van der Waals surface area (Å²) in [6, 6.07) is 16.3. The molecule has 0 fully saturated rings. The second-order valence-corrected chi connectivity index (χ2v) is 6.76. The van der Waals surface area contributed by atoms with Gasteiger partial charge in [0.15, 0.2) is 5.96 Å². The van der Waals surface area contributed by atoms with Crippen molar-refractivity contribution < 1.29 is 0 Å². The standard InChI is InChI=1S/C21H24ClN5/c1-16-24-10-11-27(16)15-19-5-3-4-18(12-19)14-26-21(23-2)25-13-17-6-8-20(22)9-7-17/h3-12H,13-15H2,1-2H3,(H2,23,25,26). The second kappa shape index (κ2) is 9.24. The zero-order chi connectivity index (χ0) is 19.1. The molecule has 1 aromatic heterocycles. The van der Waals surface area contributed by atoms with Gasteiger partial charge in [-0.05, 0) is 35.7 Å². The molecule has 0 spiro atoms. The first-order chi connectivity index (χ1) is 13.1. The van der Waals surface area contributed by atoms with Crippen LogP contribution in [-0.2, 0) is 19.6 Å². The molecule has 0 bridgehead atoms. The maximum Gasteiger partial charge on any atom is 0.191 e. The van der Waals surface area contributed by atoms with Crippen molar-refractivity contribution in [2.45, 2.75) is 26.6 Å². The molecule has 2 N–H and O–H groups in total. The van der Waals surface area contributed by atoms with E-state index in [-0.39, 0.29) is 0 Å². The third kappa shape index (κ3) is 5.59. The molecule has 3 aromatic rings.